The highest BCUT2D eigenvalue weighted by Gasteiger charge is 2.70. The second-order valence-corrected chi connectivity index (χ2v) is 2.17. The average molecular weight is 214 g/mol. The van der Waals surface area contributed by atoms with Crippen LogP contribution >= 0.6 is 0 Å². The van der Waals surface area contributed by atoms with Gasteiger partial charge in [-0.05, 0) is 0 Å². The molecule has 0 bridgehead atoms. The fourth-order valence-corrected chi connectivity index (χ4v) is 0.699. The lowest BCUT2D eigenvalue weighted by atomic mass is 10.3. The van der Waals surface area contributed by atoms with Gasteiger partial charge in [-0.3, -0.25) is 4.74 Å². The first kappa shape index (κ1) is 10.5. The minimum Gasteiger partial charge on any atom is -0.273 e. The van der Waals surface area contributed by atoms with Crippen molar-refractivity contribution in [2.45, 2.75) is 24.7 Å². The molecule has 0 aromatic heterocycles. The number of ether oxygens (including phenoxy) is 2. The third kappa shape index (κ3) is 2.02. The second kappa shape index (κ2) is 2.47. The van der Waals surface area contributed by atoms with Crippen molar-refractivity contribution in [2.75, 3.05) is 0 Å². The largest absolute Gasteiger partial charge is 0.491 e. The third-order valence-corrected chi connectivity index (χ3v) is 1.11. The van der Waals surface area contributed by atoms with E-state index in [4.69, 9.17) is 0 Å². The molecule has 1 heterocycles. The molecule has 0 N–H and O–H groups in total. The SMILES string of the molecule is FC1(F)OC(C(F)(F)F)C(F)(F)O1. The fourth-order valence-electron chi connectivity index (χ4n) is 0.699. The Bertz CT molecular complexity index is 209. The zero-order valence-corrected chi connectivity index (χ0v) is 5.54. The molecule has 1 rings (SSSR count). The maximum absolute atomic E-state index is 12.1. The van der Waals surface area contributed by atoms with E-state index in [0.717, 1.165) is 0 Å². The summed E-state index contributed by atoms with van der Waals surface area (Å²) in [6.07, 6.45) is -19.5. The number of halogens is 7. The van der Waals surface area contributed by atoms with E-state index in [9.17, 15) is 30.7 Å². The molecule has 1 atom stereocenters. The molecule has 1 fully saturated rings. The van der Waals surface area contributed by atoms with Gasteiger partial charge in [-0.15, -0.1) is 8.78 Å². The highest BCUT2D eigenvalue weighted by atomic mass is 19.4. The van der Waals surface area contributed by atoms with Gasteiger partial charge in [0.2, 0.25) is 0 Å². The molecule has 78 valence electrons. The maximum atomic E-state index is 12.1. The Morgan fingerprint density at radius 1 is 1.00 bits per heavy atom. The number of hydrogen-bond acceptors (Lipinski definition) is 2. The van der Waals surface area contributed by atoms with Crippen molar-refractivity contribution in [3.05, 3.63) is 0 Å². The Balaban J connectivity index is 2.89. The monoisotopic (exact) mass is 214 g/mol. The van der Waals surface area contributed by atoms with Crippen molar-refractivity contribution in [2.24, 2.45) is 0 Å². The van der Waals surface area contributed by atoms with Crippen LogP contribution < -0.4 is 0 Å². The number of hydrogen-bond donors (Lipinski definition) is 0. The van der Waals surface area contributed by atoms with Gasteiger partial charge in [-0.1, -0.05) is 0 Å². The van der Waals surface area contributed by atoms with E-state index in [1.165, 1.54) is 0 Å². The summed E-state index contributed by atoms with van der Waals surface area (Å²) in [7, 11) is 0. The van der Waals surface area contributed by atoms with E-state index in [0.29, 0.717) is 0 Å². The van der Waals surface area contributed by atoms with Crippen LogP contribution in [0.1, 0.15) is 0 Å². The standard InChI is InChI=1S/C4HF7O2/c5-2(6,7)1-3(8,9)13-4(10,11)12-1/h1H. The predicted molar refractivity (Wildman–Crippen MR) is 21.9 cm³/mol. The first-order valence-corrected chi connectivity index (χ1v) is 2.75. The van der Waals surface area contributed by atoms with Crippen molar-refractivity contribution >= 4 is 0 Å². The molecule has 1 unspecified atom stereocenters. The first-order chi connectivity index (χ1) is 5.55. The van der Waals surface area contributed by atoms with Crippen LogP contribution in [0.5, 0.6) is 0 Å². The van der Waals surface area contributed by atoms with Gasteiger partial charge in [0, 0.05) is 0 Å². The summed E-state index contributed by atoms with van der Waals surface area (Å²) in [5.41, 5.74) is 0. The molecular formula is C4HF7O2. The van der Waals surface area contributed by atoms with Crippen molar-refractivity contribution < 1.29 is 40.2 Å². The minimum absolute atomic E-state index is 2.47. The Morgan fingerprint density at radius 2 is 1.46 bits per heavy atom. The van der Waals surface area contributed by atoms with Crippen molar-refractivity contribution in [1.82, 2.24) is 0 Å². The van der Waals surface area contributed by atoms with Gasteiger partial charge in [-0.25, -0.2) is 4.74 Å². The molecule has 0 radical (unpaired) electrons. The summed E-state index contributed by atoms with van der Waals surface area (Å²) >= 11 is 0. The lowest BCUT2D eigenvalue weighted by molar-refractivity contribution is -0.386. The molecule has 1 aliphatic heterocycles. The molecule has 2 nitrogen and oxygen atoms in total. The van der Waals surface area contributed by atoms with Gasteiger partial charge in [-0.2, -0.15) is 22.0 Å². The molecule has 0 aromatic carbocycles. The van der Waals surface area contributed by atoms with Gasteiger partial charge < -0.3 is 0 Å². The Hall–Kier alpha value is -0.570. The van der Waals surface area contributed by atoms with Gasteiger partial charge in [0.25, 0.3) is 6.10 Å². The van der Waals surface area contributed by atoms with Crippen molar-refractivity contribution in [1.29, 1.82) is 0 Å². The molecule has 0 saturated carbocycles. The minimum atomic E-state index is -5.61. The normalized spacial score (nSPS) is 32.1. The Morgan fingerprint density at radius 3 is 1.62 bits per heavy atom. The highest BCUT2D eigenvalue weighted by Crippen LogP contribution is 2.47. The van der Waals surface area contributed by atoms with E-state index in [2.05, 4.69) is 9.47 Å². The quantitative estimate of drug-likeness (QED) is 0.575. The predicted octanol–water partition coefficient (Wildman–Crippen LogP) is 2.11. The van der Waals surface area contributed by atoms with Crippen molar-refractivity contribution in [3.8, 4) is 0 Å². The molecule has 13 heavy (non-hydrogen) atoms. The molecule has 0 spiro atoms. The van der Waals surface area contributed by atoms with E-state index in [-0.39, 0.29) is 0 Å². The zero-order valence-electron chi connectivity index (χ0n) is 5.54. The average Bonchev–Trinajstić information content (AvgIpc) is 1.97. The van der Waals surface area contributed by atoms with Crippen molar-refractivity contribution in [3.63, 3.8) is 0 Å². The number of rotatable bonds is 0. The Kier molecular flexibility index (Phi) is 2.00. The summed E-state index contributed by atoms with van der Waals surface area (Å²) in [4.78, 5) is 0. The second-order valence-electron chi connectivity index (χ2n) is 2.17. The van der Waals surface area contributed by atoms with Crippen LogP contribution in [-0.2, 0) is 9.47 Å². The summed E-state index contributed by atoms with van der Waals surface area (Å²) < 4.78 is 87.6. The lowest BCUT2D eigenvalue weighted by Crippen LogP contribution is -2.42. The maximum Gasteiger partial charge on any atom is 0.491 e. The summed E-state index contributed by atoms with van der Waals surface area (Å²) in [5, 5.41) is 0. The zero-order chi connectivity index (χ0) is 10.5. The van der Waals surface area contributed by atoms with Crippen LogP contribution in [0.4, 0.5) is 30.7 Å². The molecule has 9 heteroatoms. The summed E-state index contributed by atoms with van der Waals surface area (Å²) in [5.74, 6) is 0. The van der Waals surface area contributed by atoms with Gasteiger partial charge in [0.1, 0.15) is 0 Å². The number of alkyl halides is 7. The Labute approximate surface area is 66.2 Å². The summed E-state index contributed by atoms with van der Waals surface area (Å²) in [6, 6.07) is 0. The van der Waals surface area contributed by atoms with E-state index < -0.39 is 24.7 Å². The lowest BCUT2D eigenvalue weighted by Gasteiger charge is -2.16. The van der Waals surface area contributed by atoms with E-state index in [1.54, 1.807) is 0 Å². The van der Waals surface area contributed by atoms with Crippen LogP contribution in [0, 0.1) is 0 Å². The fraction of sp³-hybridized carbons (Fsp3) is 1.00. The van der Waals surface area contributed by atoms with Crippen LogP contribution in [0.15, 0.2) is 0 Å². The van der Waals surface area contributed by atoms with Gasteiger partial charge >= 0.3 is 18.6 Å². The van der Waals surface area contributed by atoms with Gasteiger partial charge in [0.15, 0.2) is 0 Å². The third-order valence-electron chi connectivity index (χ3n) is 1.11. The summed E-state index contributed by atoms with van der Waals surface area (Å²) in [6.45, 7) is 0. The van der Waals surface area contributed by atoms with Crippen LogP contribution in [0.3, 0.4) is 0 Å². The van der Waals surface area contributed by atoms with E-state index >= 15 is 0 Å². The molecule has 1 saturated heterocycles. The highest BCUT2D eigenvalue weighted by molar-refractivity contribution is 4.82. The first-order valence-electron chi connectivity index (χ1n) is 2.75. The molecule has 0 aromatic rings. The van der Waals surface area contributed by atoms with Crippen LogP contribution in [0.2, 0.25) is 0 Å². The molecule has 1 aliphatic rings. The molecule has 0 aliphatic carbocycles. The molecular weight excluding hydrogens is 213 g/mol. The van der Waals surface area contributed by atoms with Crippen LogP contribution in [0.25, 0.3) is 0 Å². The topological polar surface area (TPSA) is 18.5 Å². The van der Waals surface area contributed by atoms with Crippen LogP contribution in [-0.4, -0.2) is 24.7 Å². The smallest absolute Gasteiger partial charge is 0.273 e. The van der Waals surface area contributed by atoms with E-state index in [1.807, 2.05) is 0 Å². The molecule has 0 amide bonds. The van der Waals surface area contributed by atoms with Gasteiger partial charge in [0.05, 0.1) is 0 Å².